The van der Waals surface area contributed by atoms with Crippen molar-refractivity contribution in [2.75, 3.05) is 13.2 Å². The monoisotopic (exact) mass is 459 g/mol. The largest absolute Gasteiger partial charge is 0.467 e. The maximum Gasteiger partial charge on any atom is 0.467 e. The van der Waals surface area contributed by atoms with E-state index in [0.717, 1.165) is 0 Å². The van der Waals surface area contributed by atoms with Gasteiger partial charge >= 0.3 is 19.2 Å². The minimum Gasteiger partial charge on any atom is -0.464 e. The third kappa shape index (κ3) is 6.01. The molecular weight excluding hydrogens is 423 g/mol. The number of likely N-dealkylation sites (tertiary alicyclic amines) is 1. The van der Waals surface area contributed by atoms with Gasteiger partial charge in [0.2, 0.25) is 0 Å². The van der Waals surface area contributed by atoms with E-state index in [1.54, 1.807) is 48.5 Å². The third-order valence-corrected chi connectivity index (χ3v) is 6.19. The molecule has 2 heterocycles. The van der Waals surface area contributed by atoms with Gasteiger partial charge in [0.05, 0.1) is 23.6 Å². The normalized spacial score (nSPS) is 23.7. The van der Waals surface area contributed by atoms with Gasteiger partial charge in [-0.1, -0.05) is 6.58 Å². The number of ether oxygens (including phenoxy) is 2. The van der Waals surface area contributed by atoms with Gasteiger partial charge in [0, 0.05) is 6.54 Å². The second-order valence-corrected chi connectivity index (χ2v) is 10.4. The van der Waals surface area contributed by atoms with E-state index in [2.05, 4.69) is 6.58 Å². The van der Waals surface area contributed by atoms with Gasteiger partial charge in [-0.05, 0) is 73.8 Å². The molecular formula is C22H36BF2NO6. The summed E-state index contributed by atoms with van der Waals surface area (Å²) < 4.78 is 51.5. The molecule has 0 unspecified atom stereocenters. The van der Waals surface area contributed by atoms with E-state index in [1.165, 1.54) is 4.90 Å². The van der Waals surface area contributed by atoms with Crippen molar-refractivity contribution in [1.82, 2.24) is 4.90 Å². The number of carbonyl (C=O) groups is 2. The molecule has 7 nitrogen and oxygen atoms in total. The molecule has 2 rings (SSSR count). The summed E-state index contributed by atoms with van der Waals surface area (Å²) in [6.07, 6.45) is 0.836. The number of hydrogen-bond donors (Lipinski definition) is 0. The molecule has 32 heavy (non-hydrogen) atoms. The molecule has 1 amide bonds. The van der Waals surface area contributed by atoms with Crippen LogP contribution in [0.15, 0.2) is 12.7 Å². The molecule has 0 aliphatic carbocycles. The highest BCUT2D eigenvalue weighted by atomic mass is 19.3. The van der Waals surface area contributed by atoms with Crippen LogP contribution in [0.3, 0.4) is 0 Å². The first-order valence-electron chi connectivity index (χ1n) is 11.0. The molecule has 2 atom stereocenters. The Labute approximate surface area is 189 Å². The van der Waals surface area contributed by atoms with Gasteiger partial charge in [0.1, 0.15) is 11.6 Å². The lowest BCUT2D eigenvalue weighted by Gasteiger charge is -2.32. The second-order valence-electron chi connectivity index (χ2n) is 10.4. The lowest BCUT2D eigenvalue weighted by Crippen LogP contribution is -2.44. The molecule has 0 saturated carbocycles. The van der Waals surface area contributed by atoms with Crippen LogP contribution in [0.4, 0.5) is 13.6 Å². The summed E-state index contributed by atoms with van der Waals surface area (Å²) in [7, 11) is -1.18. The number of hydrogen-bond acceptors (Lipinski definition) is 6. The van der Waals surface area contributed by atoms with E-state index >= 15 is 0 Å². The van der Waals surface area contributed by atoms with E-state index < -0.39 is 53.8 Å². The van der Waals surface area contributed by atoms with E-state index in [0.29, 0.717) is 25.5 Å². The number of rotatable bonds is 7. The Morgan fingerprint density at radius 1 is 1.22 bits per heavy atom. The molecule has 2 aliphatic heterocycles. The van der Waals surface area contributed by atoms with Crippen molar-refractivity contribution in [1.29, 1.82) is 0 Å². The van der Waals surface area contributed by atoms with Crippen molar-refractivity contribution >= 4 is 19.2 Å². The summed E-state index contributed by atoms with van der Waals surface area (Å²) in [5.74, 6) is -5.31. The van der Waals surface area contributed by atoms with Crippen LogP contribution in [0.5, 0.6) is 0 Å². The zero-order chi connectivity index (χ0) is 24.5. The number of amides is 1. The maximum absolute atomic E-state index is 14.6. The van der Waals surface area contributed by atoms with E-state index in [9.17, 15) is 18.4 Å². The van der Waals surface area contributed by atoms with Gasteiger partial charge in [-0.3, -0.25) is 4.90 Å². The van der Waals surface area contributed by atoms with Gasteiger partial charge < -0.3 is 18.8 Å². The summed E-state index contributed by atoms with van der Waals surface area (Å²) >= 11 is 0. The Morgan fingerprint density at radius 2 is 1.78 bits per heavy atom. The zero-order valence-electron chi connectivity index (χ0n) is 20.2. The number of nitrogens with zero attached hydrogens (tertiary/aromatic N) is 1. The van der Waals surface area contributed by atoms with Crippen LogP contribution in [-0.4, -0.2) is 66.0 Å². The first-order chi connectivity index (χ1) is 14.5. The molecule has 0 N–H and O–H groups in total. The lowest BCUT2D eigenvalue weighted by molar-refractivity contribution is -0.149. The predicted molar refractivity (Wildman–Crippen MR) is 117 cm³/mol. The third-order valence-electron chi connectivity index (χ3n) is 6.19. The topological polar surface area (TPSA) is 74.3 Å². The summed E-state index contributed by atoms with van der Waals surface area (Å²) in [6, 6.07) is -0.792. The first kappa shape index (κ1) is 26.6. The fourth-order valence-electron chi connectivity index (χ4n) is 3.65. The summed E-state index contributed by atoms with van der Waals surface area (Å²) in [5, 5.41) is 0. The minimum atomic E-state index is -3.29. The fraction of sp³-hybridized carbons (Fsp3) is 0.818. The first-order valence-corrected chi connectivity index (χ1v) is 11.0. The van der Waals surface area contributed by atoms with Crippen molar-refractivity contribution < 1.29 is 37.2 Å². The summed E-state index contributed by atoms with van der Waals surface area (Å²) in [5.41, 5.74) is -2.25. The SMILES string of the molecule is C=CC(F)(F)[C@H](CCOC(=O)[C@@H]1CCCN1C(=O)OC(C)(C)C)B1OC(C)(C)C(C)(C)O1. The molecule has 0 radical (unpaired) electrons. The Hall–Kier alpha value is -1.68. The van der Waals surface area contributed by atoms with Crippen LogP contribution < -0.4 is 0 Å². The lowest BCUT2D eigenvalue weighted by atomic mass is 9.66. The highest BCUT2D eigenvalue weighted by molar-refractivity contribution is 6.48. The van der Waals surface area contributed by atoms with Crippen LogP contribution in [0.25, 0.3) is 0 Å². The van der Waals surface area contributed by atoms with E-state index in [1.807, 2.05) is 0 Å². The molecule has 182 valence electrons. The van der Waals surface area contributed by atoms with Crippen LogP contribution >= 0.6 is 0 Å². The number of alkyl halides is 2. The highest BCUT2D eigenvalue weighted by Gasteiger charge is 2.58. The van der Waals surface area contributed by atoms with Gasteiger partial charge in [-0.15, -0.1) is 0 Å². The van der Waals surface area contributed by atoms with Crippen molar-refractivity contribution in [2.24, 2.45) is 0 Å². The molecule has 0 aromatic carbocycles. The van der Waals surface area contributed by atoms with Gasteiger partial charge in [0.25, 0.3) is 5.92 Å². The molecule has 10 heteroatoms. The molecule has 2 fully saturated rings. The molecule has 0 bridgehead atoms. The minimum absolute atomic E-state index is 0.194. The van der Waals surface area contributed by atoms with Crippen molar-refractivity contribution in [3.8, 4) is 0 Å². The zero-order valence-corrected chi connectivity index (χ0v) is 20.2. The molecule has 0 aromatic rings. The quantitative estimate of drug-likeness (QED) is 0.315. The number of carbonyl (C=O) groups excluding carboxylic acids is 2. The van der Waals surface area contributed by atoms with Crippen LogP contribution in [-0.2, 0) is 23.6 Å². The van der Waals surface area contributed by atoms with Gasteiger partial charge in [-0.25, -0.2) is 18.4 Å². The molecule has 0 aromatic heterocycles. The van der Waals surface area contributed by atoms with Crippen molar-refractivity contribution in [3.63, 3.8) is 0 Å². The summed E-state index contributed by atoms with van der Waals surface area (Å²) in [4.78, 5) is 26.3. The van der Waals surface area contributed by atoms with Gasteiger partial charge in [0.15, 0.2) is 0 Å². The fourth-order valence-corrected chi connectivity index (χ4v) is 3.65. The maximum atomic E-state index is 14.6. The molecule has 0 spiro atoms. The van der Waals surface area contributed by atoms with Gasteiger partial charge in [-0.2, -0.15) is 0 Å². The second kappa shape index (κ2) is 9.29. The summed E-state index contributed by atoms with van der Waals surface area (Å²) in [6.45, 7) is 15.7. The predicted octanol–water partition coefficient (Wildman–Crippen LogP) is 4.60. The van der Waals surface area contributed by atoms with Crippen molar-refractivity contribution in [3.05, 3.63) is 12.7 Å². The molecule has 2 saturated heterocycles. The number of allylic oxidation sites excluding steroid dienone is 1. The number of halogens is 2. The van der Waals surface area contributed by atoms with E-state index in [4.69, 9.17) is 18.8 Å². The number of esters is 1. The Morgan fingerprint density at radius 3 is 2.28 bits per heavy atom. The van der Waals surface area contributed by atoms with Crippen LogP contribution in [0, 0.1) is 0 Å². The van der Waals surface area contributed by atoms with Crippen molar-refractivity contribution in [2.45, 2.75) is 102 Å². The van der Waals surface area contributed by atoms with Crippen LogP contribution in [0.2, 0.25) is 5.82 Å². The highest BCUT2D eigenvalue weighted by Crippen LogP contribution is 2.46. The Bertz CT molecular complexity index is 706. The average Bonchev–Trinajstić information content (AvgIpc) is 3.19. The Balaban J connectivity index is 2.01. The molecule has 2 aliphatic rings. The van der Waals surface area contributed by atoms with E-state index in [-0.39, 0.29) is 13.0 Å². The smallest absolute Gasteiger partial charge is 0.464 e. The Kier molecular flexibility index (Phi) is 7.72. The average molecular weight is 459 g/mol. The standard InChI is InChI=1S/C22H36BF2NO6/c1-9-22(24,25)16(23-31-20(5,6)21(7,8)32-23)12-14-29-17(27)15-11-10-13-26(15)18(28)30-19(2,3)4/h9,15-16H,1,10-14H2,2-8H3/t15-,16-/m0/s1. The van der Waals surface area contributed by atoms with Crippen LogP contribution in [0.1, 0.15) is 67.7 Å².